The van der Waals surface area contributed by atoms with Crippen LogP contribution in [0.3, 0.4) is 0 Å². The molecule has 0 spiro atoms. The second-order valence-electron chi connectivity index (χ2n) is 7.46. The Kier molecular flexibility index (Phi) is 5.94. The quantitative estimate of drug-likeness (QED) is 0.543. The number of aromatic nitrogens is 5. The number of nitrogens with two attached hydrogens (primary N) is 1. The lowest BCUT2D eigenvalue weighted by Crippen LogP contribution is -2.33. The number of nitrogens with one attached hydrogen (secondary N) is 2. The van der Waals surface area contributed by atoms with Gasteiger partial charge in [0, 0.05) is 42.7 Å². The molecule has 3 aromatic rings. The van der Waals surface area contributed by atoms with Crippen LogP contribution >= 0.6 is 0 Å². The summed E-state index contributed by atoms with van der Waals surface area (Å²) >= 11 is 0. The molecule has 162 valence electrons. The second kappa shape index (κ2) is 8.96. The summed E-state index contributed by atoms with van der Waals surface area (Å²) in [6.45, 7) is 4.10. The predicted molar refractivity (Wildman–Crippen MR) is 113 cm³/mol. The van der Waals surface area contributed by atoms with Gasteiger partial charge in [0.15, 0.2) is 0 Å². The van der Waals surface area contributed by atoms with Crippen LogP contribution < -0.4 is 16.4 Å². The van der Waals surface area contributed by atoms with Crippen LogP contribution in [-0.4, -0.2) is 49.6 Å². The van der Waals surface area contributed by atoms with Gasteiger partial charge in [-0.25, -0.2) is 24.4 Å². The van der Waals surface area contributed by atoms with Gasteiger partial charge in [-0.3, -0.25) is 0 Å². The van der Waals surface area contributed by atoms with Gasteiger partial charge >= 0.3 is 6.09 Å². The number of ether oxygens (including phenoxy) is 2. The molecule has 0 radical (unpaired) electrons. The van der Waals surface area contributed by atoms with E-state index >= 15 is 0 Å². The Morgan fingerprint density at radius 1 is 1.29 bits per heavy atom. The first kappa shape index (κ1) is 20.5. The first-order chi connectivity index (χ1) is 15.0. The minimum Gasteiger partial charge on any atom is -0.444 e. The summed E-state index contributed by atoms with van der Waals surface area (Å²) in [5, 5.41) is 10.1. The first-order valence-corrected chi connectivity index (χ1v) is 9.90. The molecule has 0 aromatic carbocycles. The zero-order valence-corrected chi connectivity index (χ0v) is 17.2. The summed E-state index contributed by atoms with van der Waals surface area (Å²) in [5.41, 5.74) is 8.07. The van der Waals surface area contributed by atoms with E-state index in [0.717, 1.165) is 16.9 Å². The maximum atomic E-state index is 11.7. The van der Waals surface area contributed by atoms with Gasteiger partial charge in [0.2, 0.25) is 5.95 Å². The van der Waals surface area contributed by atoms with E-state index in [9.17, 15) is 4.79 Å². The van der Waals surface area contributed by atoms with Crippen LogP contribution in [-0.2, 0) is 9.47 Å². The topological polar surface area (TPSA) is 142 Å². The molecular formula is C20H24N8O3. The molecule has 4 heterocycles. The molecule has 1 aliphatic rings. The molecule has 4 N–H and O–H groups in total. The van der Waals surface area contributed by atoms with E-state index in [1.54, 1.807) is 41.7 Å². The molecule has 1 aliphatic heterocycles. The number of anilines is 3. The van der Waals surface area contributed by atoms with Crippen molar-refractivity contribution < 1.29 is 14.3 Å². The fraction of sp³-hybridized carbons (Fsp3) is 0.350. The van der Waals surface area contributed by atoms with E-state index in [-0.39, 0.29) is 18.2 Å². The molecule has 3 aromatic heterocycles. The van der Waals surface area contributed by atoms with Crippen molar-refractivity contribution in [2.24, 2.45) is 0 Å². The Hall–Kier alpha value is -3.73. The SMILES string of the molecule is CC(C)NC(=O)O[C@@H]1CO[C@H](c2cnc(Nc3cnn(-c4ccnc(N)c4)c3)nc2)C1. The summed E-state index contributed by atoms with van der Waals surface area (Å²) in [5.74, 6) is 0.850. The van der Waals surface area contributed by atoms with E-state index in [4.69, 9.17) is 15.2 Å². The van der Waals surface area contributed by atoms with Crippen LogP contribution in [0.1, 0.15) is 31.9 Å². The summed E-state index contributed by atoms with van der Waals surface area (Å²) < 4.78 is 12.8. The highest BCUT2D eigenvalue weighted by Gasteiger charge is 2.30. The Morgan fingerprint density at radius 2 is 2.10 bits per heavy atom. The molecule has 1 saturated heterocycles. The van der Waals surface area contributed by atoms with Crippen molar-refractivity contribution in [2.45, 2.75) is 38.5 Å². The van der Waals surface area contributed by atoms with Crippen LogP contribution in [0, 0.1) is 0 Å². The zero-order valence-electron chi connectivity index (χ0n) is 17.2. The molecule has 0 aliphatic carbocycles. The third-order valence-electron chi connectivity index (χ3n) is 4.55. The zero-order chi connectivity index (χ0) is 21.8. The number of nitrogens with zero attached hydrogens (tertiary/aromatic N) is 5. The van der Waals surface area contributed by atoms with Crippen LogP contribution in [0.15, 0.2) is 43.1 Å². The molecule has 0 unspecified atom stereocenters. The summed E-state index contributed by atoms with van der Waals surface area (Å²) in [7, 11) is 0. The number of rotatable bonds is 6. The van der Waals surface area contributed by atoms with Crippen molar-refractivity contribution in [2.75, 3.05) is 17.7 Å². The number of amides is 1. The van der Waals surface area contributed by atoms with E-state index < -0.39 is 6.09 Å². The van der Waals surface area contributed by atoms with Gasteiger partial charge in [-0.15, -0.1) is 0 Å². The van der Waals surface area contributed by atoms with Crippen LogP contribution in [0.5, 0.6) is 0 Å². The Morgan fingerprint density at radius 3 is 2.84 bits per heavy atom. The molecule has 4 rings (SSSR count). The van der Waals surface area contributed by atoms with Crippen molar-refractivity contribution in [3.63, 3.8) is 0 Å². The van der Waals surface area contributed by atoms with Gasteiger partial charge in [0.05, 0.1) is 36.5 Å². The standard InChI is InChI=1S/C20H24N8O3/c1-12(2)26-20(29)31-16-6-17(30-11-16)13-7-23-19(24-8-13)27-14-9-25-28(10-14)15-3-4-22-18(21)5-15/h3-5,7-10,12,16-17H,6,11H2,1-2H3,(H2,21,22)(H,26,29)(H,23,24,27)/t16-,17-/m0/s1. The molecule has 0 saturated carbocycles. The number of carbonyl (C=O) groups excluding carboxylic acids is 1. The number of carbonyl (C=O) groups is 1. The van der Waals surface area contributed by atoms with E-state index in [1.165, 1.54) is 0 Å². The number of alkyl carbamates (subject to hydrolysis) is 1. The lowest BCUT2D eigenvalue weighted by atomic mass is 10.1. The minimum absolute atomic E-state index is 0.0222. The maximum absolute atomic E-state index is 11.7. The summed E-state index contributed by atoms with van der Waals surface area (Å²) in [6, 6.07) is 3.56. The smallest absolute Gasteiger partial charge is 0.407 e. The van der Waals surface area contributed by atoms with Gasteiger partial charge in [-0.05, 0) is 19.9 Å². The van der Waals surface area contributed by atoms with E-state index in [0.29, 0.717) is 24.8 Å². The number of pyridine rings is 1. The van der Waals surface area contributed by atoms with E-state index in [2.05, 4.69) is 30.7 Å². The highest BCUT2D eigenvalue weighted by atomic mass is 16.6. The van der Waals surface area contributed by atoms with E-state index in [1.807, 2.05) is 19.9 Å². The number of hydrogen-bond acceptors (Lipinski definition) is 9. The number of hydrogen-bond donors (Lipinski definition) is 3. The third kappa shape index (κ3) is 5.25. The van der Waals surface area contributed by atoms with Gasteiger partial charge in [-0.2, -0.15) is 5.10 Å². The normalized spacial score (nSPS) is 18.2. The van der Waals surface area contributed by atoms with Crippen LogP contribution in [0.2, 0.25) is 0 Å². The second-order valence-corrected chi connectivity index (χ2v) is 7.46. The Balaban J connectivity index is 1.33. The number of nitrogen functional groups attached to an aromatic ring is 1. The average molecular weight is 424 g/mol. The fourth-order valence-electron chi connectivity index (χ4n) is 3.14. The Bertz CT molecular complexity index is 1040. The molecule has 1 fully saturated rings. The molecule has 11 heteroatoms. The predicted octanol–water partition coefficient (Wildman–Crippen LogP) is 2.35. The van der Waals surface area contributed by atoms with Crippen molar-refractivity contribution in [1.82, 2.24) is 30.0 Å². The van der Waals surface area contributed by atoms with Crippen molar-refractivity contribution >= 4 is 23.5 Å². The highest BCUT2D eigenvalue weighted by Crippen LogP contribution is 2.30. The van der Waals surface area contributed by atoms with Crippen molar-refractivity contribution in [1.29, 1.82) is 0 Å². The van der Waals surface area contributed by atoms with Gasteiger partial charge in [0.1, 0.15) is 11.9 Å². The lowest BCUT2D eigenvalue weighted by Gasteiger charge is -2.13. The third-order valence-corrected chi connectivity index (χ3v) is 4.55. The van der Waals surface area contributed by atoms with Crippen LogP contribution in [0.4, 0.5) is 22.2 Å². The molecule has 31 heavy (non-hydrogen) atoms. The van der Waals surface area contributed by atoms with Crippen molar-refractivity contribution in [3.8, 4) is 5.69 Å². The monoisotopic (exact) mass is 424 g/mol. The van der Waals surface area contributed by atoms with Crippen LogP contribution in [0.25, 0.3) is 5.69 Å². The molecule has 0 bridgehead atoms. The summed E-state index contributed by atoms with van der Waals surface area (Å²) in [6.07, 6.45) is 8.10. The maximum Gasteiger partial charge on any atom is 0.407 e. The fourth-order valence-corrected chi connectivity index (χ4v) is 3.14. The van der Waals surface area contributed by atoms with Gasteiger partial charge in [0.25, 0.3) is 0 Å². The first-order valence-electron chi connectivity index (χ1n) is 9.90. The molecule has 11 nitrogen and oxygen atoms in total. The van der Waals surface area contributed by atoms with Crippen molar-refractivity contribution in [3.05, 3.63) is 48.7 Å². The summed E-state index contributed by atoms with van der Waals surface area (Å²) in [4.78, 5) is 24.4. The lowest BCUT2D eigenvalue weighted by molar-refractivity contribution is 0.0690. The molecular weight excluding hydrogens is 400 g/mol. The Labute approximate surface area is 179 Å². The highest BCUT2D eigenvalue weighted by molar-refractivity contribution is 5.67. The largest absolute Gasteiger partial charge is 0.444 e. The average Bonchev–Trinajstić information content (AvgIpc) is 3.38. The molecule has 2 atom stereocenters. The minimum atomic E-state index is -0.435. The van der Waals surface area contributed by atoms with Gasteiger partial charge < -0.3 is 25.8 Å². The molecule has 1 amide bonds. The van der Waals surface area contributed by atoms with Gasteiger partial charge in [-0.1, -0.05) is 0 Å².